The van der Waals surface area contributed by atoms with E-state index in [2.05, 4.69) is 98.8 Å². The van der Waals surface area contributed by atoms with E-state index in [9.17, 15) is 0 Å². The summed E-state index contributed by atoms with van der Waals surface area (Å²) in [5, 5.41) is 0. The van der Waals surface area contributed by atoms with Crippen LogP contribution in [0.3, 0.4) is 0 Å². The van der Waals surface area contributed by atoms with Gasteiger partial charge in [0.15, 0.2) is 0 Å². The van der Waals surface area contributed by atoms with Crippen molar-refractivity contribution in [1.29, 1.82) is 0 Å². The highest BCUT2D eigenvalue weighted by Gasteiger charge is 2.14. The number of rotatable bonds is 2. The van der Waals surface area contributed by atoms with Gasteiger partial charge in [-0.25, -0.2) is 0 Å². The SMILES string of the molecule is CC.CC(c1ccccc1)c1ccccc1.CC1CCCc2ccccc21. The quantitative estimate of drug-likeness (QED) is 0.435. The summed E-state index contributed by atoms with van der Waals surface area (Å²) in [4.78, 5) is 0. The Balaban J connectivity index is 0.000000181. The Morgan fingerprint density at radius 2 is 1.19 bits per heavy atom. The molecule has 0 aromatic heterocycles. The van der Waals surface area contributed by atoms with E-state index in [1.165, 1.54) is 30.4 Å². The van der Waals surface area contributed by atoms with Gasteiger partial charge in [-0.2, -0.15) is 0 Å². The first-order chi connectivity index (χ1) is 13.3. The van der Waals surface area contributed by atoms with Crippen LogP contribution in [0.5, 0.6) is 0 Å². The van der Waals surface area contributed by atoms with E-state index in [1.807, 2.05) is 13.8 Å². The Hall–Kier alpha value is -2.34. The van der Waals surface area contributed by atoms with Crippen LogP contribution in [0.1, 0.15) is 74.6 Å². The van der Waals surface area contributed by atoms with Gasteiger partial charge in [0, 0.05) is 5.92 Å². The molecular weight excluding hydrogens is 324 g/mol. The molecule has 142 valence electrons. The molecule has 0 aliphatic heterocycles. The molecule has 0 N–H and O–H groups in total. The van der Waals surface area contributed by atoms with Crippen LogP contribution in [-0.4, -0.2) is 0 Å². The van der Waals surface area contributed by atoms with E-state index in [1.54, 1.807) is 11.1 Å². The van der Waals surface area contributed by atoms with Crippen molar-refractivity contribution in [2.24, 2.45) is 0 Å². The Kier molecular flexibility index (Phi) is 8.84. The number of benzene rings is 3. The van der Waals surface area contributed by atoms with Crippen molar-refractivity contribution in [3.63, 3.8) is 0 Å². The molecule has 0 spiro atoms. The first-order valence-electron chi connectivity index (χ1n) is 10.4. The third-order valence-electron chi connectivity index (χ3n) is 5.27. The fourth-order valence-corrected chi connectivity index (χ4v) is 3.67. The van der Waals surface area contributed by atoms with Gasteiger partial charge in [0.2, 0.25) is 0 Å². The molecular formula is C27H34. The maximum atomic E-state index is 2.33. The molecule has 0 nitrogen and oxygen atoms in total. The lowest BCUT2D eigenvalue weighted by Crippen LogP contribution is -2.05. The zero-order chi connectivity index (χ0) is 19.5. The number of fused-ring (bicyclic) bond motifs is 1. The monoisotopic (exact) mass is 358 g/mol. The van der Waals surface area contributed by atoms with Crippen molar-refractivity contribution in [3.8, 4) is 0 Å². The maximum Gasteiger partial charge on any atom is 0.00610 e. The van der Waals surface area contributed by atoms with Crippen LogP contribution >= 0.6 is 0 Å². The lowest BCUT2D eigenvalue weighted by Gasteiger charge is -2.21. The molecule has 3 aromatic carbocycles. The smallest absolute Gasteiger partial charge is 0.00610 e. The molecule has 1 aliphatic rings. The summed E-state index contributed by atoms with van der Waals surface area (Å²) in [6, 6.07) is 30.0. The summed E-state index contributed by atoms with van der Waals surface area (Å²) in [5.41, 5.74) is 5.91. The Morgan fingerprint density at radius 3 is 1.70 bits per heavy atom. The fourth-order valence-electron chi connectivity index (χ4n) is 3.67. The predicted molar refractivity (Wildman–Crippen MR) is 120 cm³/mol. The van der Waals surface area contributed by atoms with Gasteiger partial charge in [0.1, 0.15) is 0 Å². The zero-order valence-electron chi connectivity index (χ0n) is 17.4. The van der Waals surface area contributed by atoms with Crippen LogP contribution in [0.15, 0.2) is 84.9 Å². The molecule has 0 amide bonds. The predicted octanol–water partition coefficient (Wildman–Crippen LogP) is 7.99. The second-order valence-electron chi connectivity index (χ2n) is 7.04. The van der Waals surface area contributed by atoms with E-state index >= 15 is 0 Å². The topological polar surface area (TPSA) is 0 Å². The van der Waals surface area contributed by atoms with Crippen molar-refractivity contribution in [2.75, 3.05) is 0 Å². The van der Waals surface area contributed by atoms with E-state index < -0.39 is 0 Å². The third kappa shape index (κ3) is 6.10. The summed E-state index contributed by atoms with van der Waals surface area (Å²) in [7, 11) is 0. The standard InChI is InChI=1S/C14H14.C11H14.C2H6/c1-12(13-8-4-2-5-9-13)14-10-6-3-7-11-14;1-9-5-4-7-10-6-2-3-8-11(9)10;1-2/h2-12H,1H3;2-3,6,8-9H,4-5,7H2,1H3;1-2H3. The minimum Gasteiger partial charge on any atom is -0.0683 e. The van der Waals surface area contributed by atoms with Crippen molar-refractivity contribution in [3.05, 3.63) is 107 Å². The van der Waals surface area contributed by atoms with Crippen LogP contribution in [0, 0.1) is 0 Å². The highest BCUT2D eigenvalue weighted by molar-refractivity contribution is 5.32. The van der Waals surface area contributed by atoms with Gasteiger partial charge in [0.25, 0.3) is 0 Å². The lowest BCUT2D eigenvalue weighted by molar-refractivity contribution is 0.590. The van der Waals surface area contributed by atoms with Gasteiger partial charge < -0.3 is 0 Å². The maximum absolute atomic E-state index is 2.33. The summed E-state index contributed by atoms with van der Waals surface area (Å²) in [5.74, 6) is 1.28. The van der Waals surface area contributed by atoms with Gasteiger partial charge >= 0.3 is 0 Å². The van der Waals surface area contributed by atoms with Crippen LogP contribution < -0.4 is 0 Å². The first-order valence-corrected chi connectivity index (χ1v) is 10.4. The summed E-state index contributed by atoms with van der Waals surface area (Å²) >= 11 is 0. The highest BCUT2D eigenvalue weighted by Crippen LogP contribution is 2.30. The molecule has 0 bridgehead atoms. The van der Waals surface area contributed by atoms with Crippen LogP contribution in [0.2, 0.25) is 0 Å². The molecule has 0 heteroatoms. The van der Waals surface area contributed by atoms with Gasteiger partial charge in [0.05, 0.1) is 0 Å². The highest BCUT2D eigenvalue weighted by atomic mass is 14.2. The molecule has 0 fully saturated rings. The minimum absolute atomic E-state index is 0.484. The minimum atomic E-state index is 0.484. The summed E-state index contributed by atoms with van der Waals surface area (Å²) in [6.45, 7) is 8.57. The average molecular weight is 359 g/mol. The van der Waals surface area contributed by atoms with Crippen LogP contribution in [0.25, 0.3) is 0 Å². The van der Waals surface area contributed by atoms with E-state index in [4.69, 9.17) is 0 Å². The molecule has 1 aliphatic carbocycles. The second kappa shape index (κ2) is 11.4. The van der Waals surface area contributed by atoms with Gasteiger partial charge in [-0.05, 0) is 47.4 Å². The molecule has 1 unspecified atom stereocenters. The number of aryl methyl sites for hydroxylation is 1. The molecule has 0 radical (unpaired) electrons. The Morgan fingerprint density at radius 1 is 0.704 bits per heavy atom. The van der Waals surface area contributed by atoms with E-state index in [0.29, 0.717) is 5.92 Å². The fraction of sp³-hybridized carbons (Fsp3) is 0.333. The lowest BCUT2D eigenvalue weighted by atomic mass is 9.84. The number of hydrogen-bond acceptors (Lipinski definition) is 0. The molecule has 0 saturated heterocycles. The van der Waals surface area contributed by atoms with Crippen LogP contribution in [0.4, 0.5) is 0 Å². The molecule has 3 aromatic rings. The molecule has 1 atom stereocenters. The Bertz CT molecular complexity index is 719. The van der Waals surface area contributed by atoms with Crippen molar-refractivity contribution in [1.82, 2.24) is 0 Å². The summed E-state index contributed by atoms with van der Waals surface area (Å²) in [6.07, 6.45) is 4.04. The third-order valence-corrected chi connectivity index (χ3v) is 5.27. The zero-order valence-corrected chi connectivity index (χ0v) is 17.4. The van der Waals surface area contributed by atoms with Crippen LogP contribution in [-0.2, 0) is 6.42 Å². The van der Waals surface area contributed by atoms with Crippen molar-refractivity contribution < 1.29 is 0 Å². The molecule has 0 heterocycles. The largest absolute Gasteiger partial charge is 0.0683 e. The van der Waals surface area contributed by atoms with Gasteiger partial charge in [-0.15, -0.1) is 0 Å². The van der Waals surface area contributed by atoms with Crippen molar-refractivity contribution in [2.45, 2.75) is 58.8 Å². The van der Waals surface area contributed by atoms with Gasteiger partial charge in [-0.1, -0.05) is 113 Å². The second-order valence-corrected chi connectivity index (χ2v) is 7.04. The first kappa shape index (κ1) is 21.0. The normalized spacial score (nSPS) is 14.9. The molecule has 27 heavy (non-hydrogen) atoms. The molecule has 4 rings (SSSR count). The van der Waals surface area contributed by atoms with E-state index in [0.717, 1.165) is 5.92 Å². The molecule has 0 saturated carbocycles. The van der Waals surface area contributed by atoms with Crippen molar-refractivity contribution >= 4 is 0 Å². The Labute approximate surface area is 166 Å². The summed E-state index contributed by atoms with van der Waals surface area (Å²) < 4.78 is 0. The van der Waals surface area contributed by atoms with E-state index in [-0.39, 0.29) is 0 Å². The average Bonchev–Trinajstić information content (AvgIpc) is 2.77. The van der Waals surface area contributed by atoms with Gasteiger partial charge in [-0.3, -0.25) is 0 Å². The number of hydrogen-bond donors (Lipinski definition) is 0.